The molecular formula is C19H24N2O3S. The van der Waals surface area contributed by atoms with E-state index in [0.29, 0.717) is 12.3 Å². The van der Waals surface area contributed by atoms with Gasteiger partial charge in [0, 0.05) is 11.8 Å². The van der Waals surface area contributed by atoms with Crippen LogP contribution in [0.25, 0.3) is 0 Å². The molecule has 6 heteroatoms. The van der Waals surface area contributed by atoms with E-state index in [1.807, 2.05) is 36.6 Å². The summed E-state index contributed by atoms with van der Waals surface area (Å²) in [5.41, 5.74) is 1.01. The largest absolute Gasteiger partial charge is 0.495 e. The molecular weight excluding hydrogens is 336 g/mol. The van der Waals surface area contributed by atoms with Gasteiger partial charge in [0.05, 0.1) is 24.4 Å². The highest BCUT2D eigenvalue weighted by Gasteiger charge is 2.46. The van der Waals surface area contributed by atoms with Crippen molar-refractivity contribution in [2.75, 3.05) is 12.4 Å². The van der Waals surface area contributed by atoms with Gasteiger partial charge in [-0.25, -0.2) is 4.98 Å². The zero-order valence-electron chi connectivity index (χ0n) is 15.0. The number of nitrogens with zero attached hydrogens (tertiary/aromatic N) is 1. The third kappa shape index (κ3) is 3.79. The van der Waals surface area contributed by atoms with Gasteiger partial charge in [0.25, 0.3) is 0 Å². The van der Waals surface area contributed by atoms with Crippen molar-refractivity contribution in [3.05, 3.63) is 35.3 Å². The topological polar surface area (TPSA) is 60.5 Å². The molecule has 0 radical (unpaired) electrons. The Bertz CT molecular complexity index is 759. The van der Waals surface area contributed by atoms with Gasteiger partial charge in [0.15, 0.2) is 10.7 Å². The summed E-state index contributed by atoms with van der Waals surface area (Å²) < 4.78 is 11.1. The van der Waals surface area contributed by atoms with E-state index in [1.165, 1.54) is 11.3 Å². The van der Waals surface area contributed by atoms with Gasteiger partial charge in [0.2, 0.25) is 0 Å². The maximum Gasteiger partial charge on any atom is 0.310 e. The molecule has 2 unspecified atom stereocenters. The van der Waals surface area contributed by atoms with Crippen LogP contribution in [0.15, 0.2) is 29.6 Å². The van der Waals surface area contributed by atoms with Gasteiger partial charge < -0.3 is 14.8 Å². The molecule has 1 aromatic heterocycles. The van der Waals surface area contributed by atoms with E-state index in [0.717, 1.165) is 28.7 Å². The fourth-order valence-electron chi connectivity index (χ4n) is 3.24. The number of cyclic esters (lactones) is 1. The third-order valence-electron chi connectivity index (χ3n) is 4.45. The summed E-state index contributed by atoms with van der Waals surface area (Å²) in [5, 5.41) is 6.00. The minimum atomic E-state index is -0.645. The number of methoxy groups -OCH3 is 1. The van der Waals surface area contributed by atoms with E-state index < -0.39 is 5.60 Å². The summed E-state index contributed by atoms with van der Waals surface area (Å²) >= 11 is 1.50. The Labute approximate surface area is 152 Å². The van der Waals surface area contributed by atoms with Crippen molar-refractivity contribution in [3.8, 4) is 5.75 Å². The highest BCUT2D eigenvalue weighted by molar-refractivity contribution is 7.13. The molecule has 0 spiro atoms. The highest BCUT2D eigenvalue weighted by atomic mass is 32.1. The number of aromatic nitrogens is 1. The van der Waals surface area contributed by atoms with Crippen LogP contribution >= 0.6 is 11.3 Å². The van der Waals surface area contributed by atoms with Crippen LogP contribution in [0, 0.1) is 11.8 Å². The summed E-state index contributed by atoms with van der Waals surface area (Å²) in [4.78, 5) is 16.9. The molecule has 2 heterocycles. The van der Waals surface area contributed by atoms with Crippen LogP contribution in [0.3, 0.4) is 0 Å². The number of thiazole rings is 1. The van der Waals surface area contributed by atoms with E-state index in [1.54, 1.807) is 7.11 Å². The SMILES string of the molecule is COc1ccccc1Nc1nc(C2(C)CC(CC(C)C)C(=O)O2)cs1. The second kappa shape index (κ2) is 7.04. The van der Waals surface area contributed by atoms with Crippen molar-refractivity contribution in [2.24, 2.45) is 11.8 Å². The van der Waals surface area contributed by atoms with Crippen LogP contribution in [0.5, 0.6) is 5.75 Å². The number of nitrogens with one attached hydrogen (secondary N) is 1. The monoisotopic (exact) mass is 360 g/mol. The van der Waals surface area contributed by atoms with Gasteiger partial charge in [-0.3, -0.25) is 4.79 Å². The number of rotatable bonds is 6. The number of carbonyl (C=O) groups excluding carboxylic acids is 1. The molecule has 1 aliphatic heterocycles. The Hall–Kier alpha value is -2.08. The van der Waals surface area contributed by atoms with E-state index in [9.17, 15) is 4.79 Å². The molecule has 1 aromatic carbocycles. The molecule has 1 N–H and O–H groups in total. The van der Waals surface area contributed by atoms with Crippen molar-refractivity contribution in [1.29, 1.82) is 0 Å². The molecule has 0 saturated carbocycles. The van der Waals surface area contributed by atoms with Gasteiger partial charge in [-0.15, -0.1) is 11.3 Å². The molecule has 5 nitrogen and oxygen atoms in total. The molecule has 1 saturated heterocycles. The Morgan fingerprint density at radius 2 is 2.20 bits per heavy atom. The fourth-order valence-corrected chi connectivity index (χ4v) is 4.09. The van der Waals surface area contributed by atoms with E-state index >= 15 is 0 Å². The lowest BCUT2D eigenvalue weighted by Gasteiger charge is -2.20. The molecule has 1 aliphatic rings. The summed E-state index contributed by atoms with van der Waals surface area (Å²) in [6.07, 6.45) is 1.53. The van der Waals surface area contributed by atoms with Crippen molar-refractivity contribution >= 4 is 28.1 Å². The molecule has 2 aromatic rings. The number of esters is 1. The van der Waals surface area contributed by atoms with Gasteiger partial charge in [-0.2, -0.15) is 0 Å². The maximum atomic E-state index is 12.2. The standard InChI is InChI=1S/C19H24N2O3S/c1-12(2)9-13-10-19(3,24-17(13)22)16-11-25-18(21-16)20-14-7-5-6-8-15(14)23-4/h5-8,11-13H,9-10H2,1-4H3,(H,20,21). The van der Waals surface area contributed by atoms with Crippen molar-refractivity contribution in [2.45, 2.75) is 39.2 Å². The summed E-state index contributed by atoms with van der Waals surface area (Å²) in [6, 6.07) is 7.70. The number of anilines is 2. The number of carbonyl (C=O) groups is 1. The molecule has 0 amide bonds. The number of benzene rings is 1. The molecule has 0 aliphatic carbocycles. The molecule has 0 bridgehead atoms. The first kappa shape index (κ1) is 17.7. The quantitative estimate of drug-likeness (QED) is 0.755. The Morgan fingerprint density at radius 3 is 2.92 bits per heavy atom. The zero-order chi connectivity index (χ0) is 18.0. The Morgan fingerprint density at radius 1 is 1.44 bits per heavy atom. The smallest absolute Gasteiger partial charge is 0.310 e. The second-order valence-corrected chi connectivity index (χ2v) is 7.90. The predicted octanol–water partition coefficient (Wildman–Crippen LogP) is 4.72. The van der Waals surface area contributed by atoms with E-state index in [2.05, 4.69) is 24.1 Å². The lowest BCUT2D eigenvalue weighted by atomic mass is 9.88. The number of hydrogen-bond acceptors (Lipinski definition) is 6. The number of ether oxygens (including phenoxy) is 2. The number of hydrogen-bond donors (Lipinski definition) is 1. The van der Waals surface area contributed by atoms with E-state index in [4.69, 9.17) is 9.47 Å². The first-order valence-corrected chi connectivity index (χ1v) is 9.38. The van der Waals surface area contributed by atoms with E-state index in [-0.39, 0.29) is 11.9 Å². The first-order valence-electron chi connectivity index (χ1n) is 8.50. The lowest BCUT2D eigenvalue weighted by Crippen LogP contribution is -2.21. The van der Waals surface area contributed by atoms with Gasteiger partial charge in [-0.05, 0) is 31.4 Å². The van der Waals surface area contributed by atoms with Gasteiger partial charge in [0.1, 0.15) is 5.75 Å². The number of para-hydroxylation sites is 2. The molecule has 3 rings (SSSR count). The zero-order valence-corrected chi connectivity index (χ0v) is 15.9. The normalized spacial score (nSPS) is 22.9. The fraction of sp³-hybridized carbons (Fsp3) is 0.474. The van der Waals surface area contributed by atoms with Crippen molar-refractivity contribution in [3.63, 3.8) is 0 Å². The molecule has 2 atom stereocenters. The van der Waals surface area contributed by atoms with Crippen LogP contribution in [0.4, 0.5) is 10.8 Å². The maximum absolute atomic E-state index is 12.2. The van der Waals surface area contributed by atoms with Crippen molar-refractivity contribution in [1.82, 2.24) is 4.98 Å². The van der Waals surface area contributed by atoms with Crippen LogP contribution in [-0.2, 0) is 15.1 Å². The average molecular weight is 360 g/mol. The minimum absolute atomic E-state index is 0.0441. The highest BCUT2D eigenvalue weighted by Crippen LogP contribution is 2.42. The summed E-state index contributed by atoms with van der Waals surface area (Å²) in [7, 11) is 1.64. The third-order valence-corrected chi connectivity index (χ3v) is 5.20. The minimum Gasteiger partial charge on any atom is -0.495 e. The first-order chi connectivity index (χ1) is 11.9. The summed E-state index contributed by atoms with van der Waals surface area (Å²) in [5.74, 6) is 1.08. The van der Waals surface area contributed by atoms with Crippen molar-refractivity contribution < 1.29 is 14.3 Å². The van der Waals surface area contributed by atoms with Crippen LogP contribution in [-0.4, -0.2) is 18.1 Å². The molecule has 1 fully saturated rings. The van der Waals surface area contributed by atoms with Gasteiger partial charge >= 0.3 is 5.97 Å². The lowest BCUT2D eigenvalue weighted by molar-refractivity contribution is -0.150. The van der Waals surface area contributed by atoms with Gasteiger partial charge in [-0.1, -0.05) is 26.0 Å². The average Bonchev–Trinajstić information content (AvgIpc) is 3.13. The summed E-state index contributed by atoms with van der Waals surface area (Å²) in [6.45, 7) is 6.20. The van der Waals surface area contributed by atoms with Crippen LogP contribution in [0.1, 0.15) is 39.3 Å². The van der Waals surface area contributed by atoms with Crippen LogP contribution in [0.2, 0.25) is 0 Å². The molecule has 134 valence electrons. The Kier molecular flexibility index (Phi) is 4.99. The van der Waals surface area contributed by atoms with Crippen LogP contribution < -0.4 is 10.1 Å². The molecule has 25 heavy (non-hydrogen) atoms. The second-order valence-electron chi connectivity index (χ2n) is 7.05. The Balaban J connectivity index is 1.76. The predicted molar refractivity (Wildman–Crippen MR) is 99.4 cm³/mol.